The van der Waals surface area contributed by atoms with Gasteiger partial charge in [0.05, 0.1) is 0 Å². The monoisotopic (exact) mass is 334 g/mol. The summed E-state index contributed by atoms with van der Waals surface area (Å²) >= 11 is 0. The molecule has 1 saturated heterocycles. The molecule has 0 aromatic heterocycles. The molecule has 0 spiro atoms. The number of piperazine rings is 1. The largest absolute Gasteiger partial charge is 0.480 e. The summed E-state index contributed by atoms with van der Waals surface area (Å²) < 4.78 is 52.6. The summed E-state index contributed by atoms with van der Waals surface area (Å²) in [4.78, 5) is 11.8. The van der Waals surface area contributed by atoms with Crippen molar-refractivity contribution in [3.63, 3.8) is 0 Å². The second kappa shape index (κ2) is 6.27. The lowest BCUT2D eigenvalue weighted by atomic mass is 10.2. The highest BCUT2D eigenvalue weighted by Crippen LogP contribution is 2.22. The first-order valence-corrected chi connectivity index (χ1v) is 8.09. The number of hydrogen-bond acceptors (Lipinski definition) is 4. The molecule has 0 amide bonds. The Morgan fingerprint density at radius 2 is 1.82 bits per heavy atom. The molecule has 122 valence electrons. The zero-order valence-electron chi connectivity index (χ0n) is 11.9. The smallest absolute Gasteiger partial charge is 0.320 e. The molecular formula is C13H16F2N2O4S. The Morgan fingerprint density at radius 1 is 1.23 bits per heavy atom. The highest BCUT2D eigenvalue weighted by atomic mass is 32.2. The second-order valence-corrected chi connectivity index (χ2v) is 6.94. The normalized spacial score (nSPS) is 19.0. The van der Waals surface area contributed by atoms with Crippen LogP contribution in [-0.4, -0.2) is 60.9 Å². The summed E-state index contributed by atoms with van der Waals surface area (Å²) in [7, 11) is -4.14. The van der Waals surface area contributed by atoms with E-state index in [0.29, 0.717) is 6.07 Å². The molecule has 22 heavy (non-hydrogen) atoms. The van der Waals surface area contributed by atoms with Gasteiger partial charge in [0.1, 0.15) is 22.6 Å². The molecule has 1 aromatic carbocycles. The Morgan fingerprint density at radius 3 is 2.36 bits per heavy atom. The van der Waals surface area contributed by atoms with E-state index in [1.165, 1.54) is 6.92 Å². The van der Waals surface area contributed by atoms with Gasteiger partial charge in [0.15, 0.2) is 0 Å². The minimum Gasteiger partial charge on any atom is -0.480 e. The van der Waals surface area contributed by atoms with Gasteiger partial charge in [0, 0.05) is 26.2 Å². The van der Waals surface area contributed by atoms with Gasteiger partial charge in [-0.3, -0.25) is 9.69 Å². The van der Waals surface area contributed by atoms with Crippen molar-refractivity contribution in [2.75, 3.05) is 26.2 Å². The summed E-state index contributed by atoms with van der Waals surface area (Å²) in [5, 5.41) is 8.94. The van der Waals surface area contributed by atoms with E-state index in [4.69, 9.17) is 5.11 Å². The number of carboxylic acid groups (broad SMARTS) is 1. The van der Waals surface area contributed by atoms with Crippen LogP contribution in [-0.2, 0) is 14.8 Å². The Kier molecular flexibility index (Phi) is 4.78. The highest BCUT2D eigenvalue weighted by molar-refractivity contribution is 7.89. The Balaban J connectivity index is 2.16. The van der Waals surface area contributed by atoms with Crippen LogP contribution in [0.3, 0.4) is 0 Å². The van der Waals surface area contributed by atoms with Crippen LogP contribution < -0.4 is 0 Å². The number of halogens is 2. The molecule has 0 bridgehead atoms. The summed E-state index contributed by atoms with van der Waals surface area (Å²) in [6, 6.07) is 1.54. The number of rotatable bonds is 4. The van der Waals surface area contributed by atoms with Crippen LogP contribution in [0.25, 0.3) is 0 Å². The number of nitrogens with zero attached hydrogens (tertiary/aromatic N) is 2. The van der Waals surface area contributed by atoms with Gasteiger partial charge < -0.3 is 5.11 Å². The number of benzene rings is 1. The third-order valence-corrected chi connectivity index (χ3v) is 5.60. The summed E-state index contributed by atoms with van der Waals surface area (Å²) in [5.41, 5.74) is 0. The average Bonchev–Trinajstić information content (AvgIpc) is 2.48. The lowest BCUT2D eigenvalue weighted by molar-refractivity contribution is -0.143. The number of aliphatic carboxylic acids is 1. The minimum absolute atomic E-state index is 0.0237. The van der Waals surface area contributed by atoms with Crippen LogP contribution in [0.15, 0.2) is 23.1 Å². The number of carbonyl (C=O) groups is 1. The molecule has 0 aliphatic carbocycles. The lowest BCUT2D eigenvalue weighted by Gasteiger charge is -2.35. The number of hydrogen-bond donors (Lipinski definition) is 1. The summed E-state index contributed by atoms with van der Waals surface area (Å²) in [6.07, 6.45) is 0. The fraction of sp³-hybridized carbons (Fsp3) is 0.462. The summed E-state index contributed by atoms with van der Waals surface area (Å²) in [5.74, 6) is -2.84. The van der Waals surface area contributed by atoms with Crippen molar-refractivity contribution in [2.45, 2.75) is 17.9 Å². The standard InChI is InChI=1S/C13H16F2N2O4S/c1-9(13(18)19)16-4-6-17(7-5-16)22(20,21)12-8-10(14)2-3-11(12)15/h2-3,8-9H,4-7H2,1H3,(H,18,19)/t9-/m1/s1. The van der Waals surface area contributed by atoms with Gasteiger partial charge >= 0.3 is 5.97 Å². The third kappa shape index (κ3) is 3.26. The number of carboxylic acids is 1. The molecule has 1 aliphatic heterocycles. The molecule has 1 aliphatic rings. The predicted octanol–water partition coefficient (Wildman–Crippen LogP) is 0.744. The van der Waals surface area contributed by atoms with Crippen molar-refractivity contribution in [3.8, 4) is 0 Å². The Bertz CT molecular complexity index is 673. The van der Waals surface area contributed by atoms with E-state index in [1.807, 2.05) is 0 Å². The van der Waals surface area contributed by atoms with Crippen LogP contribution in [0.5, 0.6) is 0 Å². The molecule has 0 radical (unpaired) electrons. The fourth-order valence-corrected chi connectivity index (χ4v) is 3.80. The van der Waals surface area contributed by atoms with Crippen LogP contribution in [0.4, 0.5) is 8.78 Å². The van der Waals surface area contributed by atoms with E-state index in [0.717, 1.165) is 16.4 Å². The van der Waals surface area contributed by atoms with Crippen LogP contribution in [0.1, 0.15) is 6.92 Å². The first kappa shape index (κ1) is 16.8. The van der Waals surface area contributed by atoms with Crippen molar-refractivity contribution in [2.24, 2.45) is 0 Å². The third-order valence-electron chi connectivity index (χ3n) is 3.69. The maximum Gasteiger partial charge on any atom is 0.320 e. The van der Waals surface area contributed by atoms with Crippen molar-refractivity contribution in [3.05, 3.63) is 29.8 Å². The van der Waals surface area contributed by atoms with Crippen molar-refractivity contribution >= 4 is 16.0 Å². The van der Waals surface area contributed by atoms with Gasteiger partial charge in [-0.25, -0.2) is 17.2 Å². The molecule has 2 rings (SSSR count). The predicted molar refractivity (Wildman–Crippen MR) is 73.8 cm³/mol. The van der Waals surface area contributed by atoms with Crippen LogP contribution >= 0.6 is 0 Å². The molecule has 9 heteroatoms. The Labute approximate surface area is 127 Å². The topological polar surface area (TPSA) is 77.9 Å². The van der Waals surface area contributed by atoms with Crippen molar-refractivity contribution in [1.29, 1.82) is 0 Å². The quantitative estimate of drug-likeness (QED) is 0.879. The van der Waals surface area contributed by atoms with E-state index in [-0.39, 0.29) is 26.2 Å². The molecule has 0 unspecified atom stereocenters. The maximum absolute atomic E-state index is 13.7. The van der Waals surface area contributed by atoms with Gasteiger partial charge in [0.2, 0.25) is 10.0 Å². The van der Waals surface area contributed by atoms with E-state index < -0.39 is 38.6 Å². The molecular weight excluding hydrogens is 318 g/mol. The molecule has 1 fully saturated rings. The molecule has 1 heterocycles. The van der Waals surface area contributed by atoms with E-state index in [9.17, 15) is 22.0 Å². The number of sulfonamides is 1. The SMILES string of the molecule is C[C@H](C(=O)O)N1CCN(S(=O)(=O)c2cc(F)ccc2F)CC1. The molecule has 1 atom stereocenters. The maximum atomic E-state index is 13.7. The highest BCUT2D eigenvalue weighted by Gasteiger charge is 2.33. The average molecular weight is 334 g/mol. The minimum atomic E-state index is -4.14. The summed E-state index contributed by atoms with van der Waals surface area (Å²) in [6.45, 7) is 1.98. The Hall–Kier alpha value is -1.58. The van der Waals surface area contributed by atoms with E-state index >= 15 is 0 Å². The van der Waals surface area contributed by atoms with Crippen molar-refractivity contribution in [1.82, 2.24) is 9.21 Å². The zero-order valence-corrected chi connectivity index (χ0v) is 12.7. The van der Waals surface area contributed by atoms with Crippen LogP contribution in [0.2, 0.25) is 0 Å². The van der Waals surface area contributed by atoms with Gasteiger partial charge in [-0.1, -0.05) is 0 Å². The first-order valence-electron chi connectivity index (χ1n) is 6.65. The fourth-order valence-electron chi connectivity index (χ4n) is 2.30. The molecule has 1 N–H and O–H groups in total. The lowest BCUT2D eigenvalue weighted by Crippen LogP contribution is -2.53. The molecule has 1 aromatic rings. The second-order valence-electron chi connectivity index (χ2n) is 5.03. The molecule has 6 nitrogen and oxygen atoms in total. The van der Waals surface area contributed by atoms with Gasteiger partial charge in [-0.05, 0) is 25.1 Å². The molecule has 0 saturated carbocycles. The van der Waals surface area contributed by atoms with Gasteiger partial charge in [0.25, 0.3) is 0 Å². The van der Waals surface area contributed by atoms with E-state index in [1.54, 1.807) is 4.90 Å². The van der Waals surface area contributed by atoms with Crippen LogP contribution in [0, 0.1) is 11.6 Å². The van der Waals surface area contributed by atoms with Gasteiger partial charge in [-0.15, -0.1) is 0 Å². The van der Waals surface area contributed by atoms with Crippen molar-refractivity contribution < 1.29 is 27.1 Å². The first-order chi connectivity index (χ1) is 10.2. The zero-order chi connectivity index (χ0) is 16.5. The van der Waals surface area contributed by atoms with E-state index in [2.05, 4.69) is 0 Å². The van der Waals surface area contributed by atoms with Gasteiger partial charge in [-0.2, -0.15) is 4.31 Å².